The highest BCUT2D eigenvalue weighted by molar-refractivity contribution is 6.31. The van der Waals surface area contributed by atoms with Gasteiger partial charge in [0.2, 0.25) is 5.88 Å². The molecule has 1 aromatic heterocycles. The van der Waals surface area contributed by atoms with Crippen molar-refractivity contribution in [2.45, 2.75) is 51.7 Å². The van der Waals surface area contributed by atoms with Crippen LogP contribution in [-0.2, 0) is 6.61 Å². The molecule has 0 radical (unpaired) electrons. The number of ether oxygens (including phenoxy) is 1. The van der Waals surface area contributed by atoms with E-state index >= 15 is 0 Å². The lowest BCUT2D eigenvalue weighted by Crippen LogP contribution is -2.30. The molecule has 18 heavy (non-hydrogen) atoms. The normalized spacial score (nSPS) is 23.9. The molecule has 0 bridgehead atoms. The molecule has 1 heterocycles. The lowest BCUT2D eigenvalue weighted by molar-refractivity contribution is 0.0859. The van der Waals surface area contributed by atoms with E-state index in [-0.39, 0.29) is 12.7 Å². The molecule has 4 heteroatoms. The second-order valence-corrected chi connectivity index (χ2v) is 5.30. The monoisotopic (exact) mass is 269 g/mol. The molecule has 0 aromatic carbocycles. The van der Waals surface area contributed by atoms with Crippen molar-refractivity contribution >= 4 is 11.6 Å². The zero-order valence-electron chi connectivity index (χ0n) is 10.7. The van der Waals surface area contributed by atoms with Crippen LogP contribution in [0.25, 0.3) is 0 Å². The van der Waals surface area contributed by atoms with E-state index in [1.165, 1.54) is 19.3 Å². The van der Waals surface area contributed by atoms with Crippen molar-refractivity contribution in [3.8, 4) is 5.88 Å². The Labute approximate surface area is 113 Å². The molecule has 2 unspecified atom stereocenters. The van der Waals surface area contributed by atoms with Crippen LogP contribution in [0.3, 0.4) is 0 Å². The Morgan fingerprint density at radius 3 is 2.89 bits per heavy atom. The summed E-state index contributed by atoms with van der Waals surface area (Å²) in [5, 5.41) is 9.50. The topological polar surface area (TPSA) is 42.4 Å². The number of aliphatic hydroxyl groups excluding tert-OH is 1. The summed E-state index contributed by atoms with van der Waals surface area (Å²) in [7, 11) is 0. The maximum atomic E-state index is 9.02. The first kappa shape index (κ1) is 13.6. The van der Waals surface area contributed by atoms with Crippen LogP contribution in [0.2, 0.25) is 5.02 Å². The van der Waals surface area contributed by atoms with Crippen molar-refractivity contribution < 1.29 is 9.84 Å². The van der Waals surface area contributed by atoms with E-state index in [1.54, 1.807) is 12.3 Å². The summed E-state index contributed by atoms with van der Waals surface area (Å²) in [5.74, 6) is 1.10. The van der Waals surface area contributed by atoms with Gasteiger partial charge in [-0.05, 0) is 43.2 Å². The van der Waals surface area contributed by atoms with E-state index in [4.69, 9.17) is 21.4 Å². The summed E-state index contributed by atoms with van der Waals surface area (Å²) >= 11 is 6.12. The zero-order valence-corrected chi connectivity index (χ0v) is 11.5. The smallest absolute Gasteiger partial charge is 0.232 e. The first-order chi connectivity index (χ1) is 8.74. The molecule has 0 spiro atoms. The number of hydrogen-bond donors (Lipinski definition) is 1. The van der Waals surface area contributed by atoms with Crippen molar-refractivity contribution in [3.05, 3.63) is 22.8 Å². The summed E-state index contributed by atoms with van der Waals surface area (Å²) in [4.78, 5) is 4.20. The van der Waals surface area contributed by atoms with Crippen molar-refractivity contribution in [2.24, 2.45) is 5.92 Å². The van der Waals surface area contributed by atoms with Crippen LogP contribution < -0.4 is 4.74 Å². The molecule has 0 aliphatic heterocycles. The Hall–Kier alpha value is -0.800. The van der Waals surface area contributed by atoms with Gasteiger partial charge in [-0.15, -0.1) is 0 Å². The van der Waals surface area contributed by atoms with Crippen LogP contribution in [0.5, 0.6) is 5.88 Å². The number of halogens is 1. The first-order valence-corrected chi connectivity index (χ1v) is 7.04. The molecular formula is C14H20ClNO2. The Morgan fingerprint density at radius 1 is 1.44 bits per heavy atom. The minimum atomic E-state index is -0.0476. The van der Waals surface area contributed by atoms with Gasteiger partial charge >= 0.3 is 0 Å². The fourth-order valence-corrected chi connectivity index (χ4v) is 2.81. The second-order valence-electron chi connectivity index (χ2n) is 4.90. The largest absolute Gasteiger partial charge is 0.473 e. The second kappa shape index (κ2) is 6.39. The van der Waals surface area contributed by atoms with Crippen molar-refractivity contribution in [3.63, 3.8) is 0 Å². The highest BCUT2D eigenvalue weighted by Gasteiger charge is 2.26. The number of aromatic nitrogens is 1. The van der Waals surface area contributed by atoms with Gasteiger partial charge in [-0.1, -0.05) is 24.9 Å². The minimum absolute atomic E-state index is 0.0476. The maximum Gasteiger partial charge on any atom is 0.232 e. The average Bonchev–Trinajstić information content (AvgIpc) is 2.41. The quantitative estimate of drug-likeness (QED) is 0.909. The van der Waals surface area contributed by atoms with Gasteiger partial charge in [0, 0.05) is 6.20 Å². The van der Waals surface area contributed by atoms with Gasteiger partial charge in [0.1, 0.15) is 11.1 Å². The molecule has 3 nitrogen and oxygen atoms in total. The molecule has 1 saturated carbocycles. The number of hydrogen-bond acceptors (Lipinski definition) is 3. The van der Waals surface area contributed by atoms with Crippen LogP contribution >= 0.6 is 11.6 Å². The first-order valence-electron chi connectivity index (χ1n) is 6.66. The number of nitrogens with zero attached hydrogens (tertiary/aromatic N) is 1. The van der Waals surface area contributed by atoms with Gasteiger partial charge in [-0.3, -0.25) is 0 Å². The van der Waals surface area contributed by atoms with Gasteiger partial charge in [-0.25, -0.2) is 4.98 Å². The van der Waals surface area contributed by atoms with Crippen LogP contribution in [0.15, 0.2) is 12.3 Å². The number of aliphatic hydroxyl groups is 1. The zero-order chi connectivity index (χ0) is 13.0. The summed E-state index contributed by atoms with van der Waals surface area (Å²) in [5.41, 5.74) is 0.711. The molecule has 0 amide bonds. The summed E-state index contributed by atoms with van der Waals surface area (Å²) in [6, 6.07) is 1.72. The lowest BCUT2D eigenvalue weighted by atomic mass is 9.85. The average molecular weight is 270 g/mol. The van der Waals surface area contributed by atoms with Crippen LogP contribution in [0.4, 0.5) is 0 Å². The van der Waals surface area contributed by atoms with E-state index < -0.39 is 0 Å². The third-order valence-electron chi connectivity index (χ3n) is 3.67. The third-order valence-corrected chi connectivity index (χ3v) is 3.94. The lowest BCUT2D eigenvalue weighted by Gasteiger charge is -2.31. The van der Waals surface area contributed by atoms with E-state index in [9.17, 15) is 0 Å². The summed E-state index contributed by atoms with van der Waals surface area (Å²) in [6.07, 6.45) is 7.80. The van der Waals surface area contributed by atoms with Gasteiger partial charge in [-0.2, -0.15) is 0 Å². The van der Waals surface area contributed by atoms with E-state index in [1.807, 2.05) is 0 Å². The Kier molecular flexibility index (Phi) is 4.84. The predicted octanol–water partition coefficient (Wildman–Crippen LogP) is 3.57. The SMILES string of the molecule is CCC1CCCCC1Oc1ncc(CO)cc1Cl. The predicted molar refractivity (Wildman–Crippen MR) is 71.8 cm³/mol. The van der Waals surface area contributed by atoms with Crippen molar-refractivity contribution in [2.75, 3.05) is 0 Å². The fourth-order valence-electron chi connectivity index (χ4n) is 2.58. The Morgan fingerprint density at radius 2 is 2.22 bits per heavy atom. The van der Waals surface area contributed by atoms with Crippen LogP contribution in [0.1, 0.15) is 44.6 Å². The molecule has 1 aliphatic rings. The van der Waals surface area contributed by atoms with Gasteiger partial charge in [0.25, 0.3) is 0 Å². The van der Waals surface area contributed by atoms with E-state index in [0.717, 1.165) is 12.8 Å². The molecule has 1 aromatic rings. The van der Waals surface area contributed by atoms with Gasteiger partial charge in [0.05, 0.1) is 6.61 Å². The van der Waals surface area contributed by atoms with Gasteiger partial charge < -0.3 is 9.84 Å². The minimum Gasteiger partial charge on any atom is -0.473 e. The molecule has 2 atom stereocenters. The molecule has 2 rings (SSSR count). The maximum absolute atomic E-state index is 9.02. The molecule has 1 fully saturated rings. The fraction of sp³-hybridized carbons (Fsp3) is 0.643. The molecule has 100 valence electrons. The number of pyridine rings is 1. The molecular weight excluding hydrogens is 250 g/mol. The summed E-state index contributed by atoms with van der Waals surface area (Å²) in [6.45, 7) is 2.16. The van der Waals surface area contributed by atoms with Crippen LogP contribution in [-0.4, -0.2) is 16.2 Å². The van der Waals surface area contributed by atoms with E-state index in [2.05, 4.69) is 11.9 Å². The molecule has 1 aliphatic carbocycles. The molecule has 1 N–H and O–H groups in total. The van der Waals surface area contributed by atoms with Crippen molar-refractivity contribution in [1.82, 2.24) is 4.98 Å². The number of rotatable bonds is 4. The van der Waals surface area contributed by atoms with Crippen LogP contribution in [0, 0.1) is 5.92 Å². The third kappa shape index (κ3) is 3.15. The van der Waals surface area contributed by atoms with Crippen molar-refractivity contribution in [1.29, 1.82) is 0 Å². The Balaban J connectivity index is 2.07. The Bertz CT molecular complexity index is 397. The standard InChI is InChI=1S/C14H20ClNO2/c1-2-11-5-3-4-6-13(11)18-14-12(15)7-10(9-17)8-16-14/h7-8,11,13,17H,2-6,9H2,1H3. The van der Waals surface area contributed by atoms with E-state index in [0.29, 0.717) is 22.4 Å². The molecule has 0 saturated heterocycles. The summed E-state index contributed by atoms with van der Waals surface area (Å²) < 4.78 is 5.96. The highest BCUT2D eigenvalue weighted by atomic mass is 35.5. The highest BCUT2D eigenvalue weighted by Crippen LogP contribution is 2.32. The van der Waals surface area contributed by atoms with Gasteiger partial charge in [0.15, 0.2) is 0 Å².